The maximum absolute atomic E-state index is 13.9. The molecule has 6 atom stereocenters. The molecule has 1 unspecified atom stereocenters. The Morgan fingerprint density at radius 2 is 1.74 bits per heavy atom. The molecule has 8 heteroatoms. The first-order valence-electron chi connectivity index (χ1n) is 10.9. The molecule has 0 radical (unpaired) electrons. The average Bonchev–Trinajstić information content (AvgIpc) is 2.96. The Morgan fingerprint density at radius 3 is 2.35 bits per heavy atom. The van der Waals surface area contributed by atoms with Gasteiger partial charge in [-0.3, -0.25) is 14.4 Å². The number of rotatable bonds is 2. The molecule has 170 valence electrons. The monoisotopic (exact) mass is 431 g/mol. The zero-order chi connectivity index (χ0) is 22.9. The first-order chi connectivity index (χ1) is 14.4. The minimum atomic E-state index is -1.27. The van der Waals surface area contributed by atoms with Crippen molar-refractivity contribution in [2.45, 2.75) is 63.4 Å². The topological polar surface area (TPSA) is 90.4 Å². The average molecular weight is 432 g/mol. The molecule has 1 N–H and O–H groups in total. The van der Waals surface area contributed by atoms with E-state index in [9.17, 15) is 19.5 Å². The fourth-order valence-corrected chi connectivity index (χ4v) is 5.75. The Kier molecular flexibility index (Phi) is 4.90. The van der Waals surface area contributed by atoms with Crippen LogP contribution in [0, 0.1) is 11.8 Å². The van der Waals surface area contributed by atoms with E-state index in [1.165, 1.54) is 4.90 Å². The number of nitrogens with zero attached hydrogens (tertiary/aromatic N) is 3. The van der Waals surface area contributed by atoms with Gasteiger partial charge < -0.3 is 24.5 Å². The summed E-state index contributed by atoms with van der Waals surface area (Å²) in [7, 11) is 1.71. The third kappa shape index (κ3) is 2.91. The normalized spacial score (nSPS) is 38.7. The van der Waals surface area contributed by atoms with E-state index in [-0.39, 0.29) is 24.3 Å². The predicted octanol–water partition coefficient (Wildman–Crippen LogP) is 0.563. The summed E-state index contributed by atoms with van der Waals surface area (Å²) in [5, 5.41) is 9.90. The first-order valence-corrected chi connectivity index (χ1v) is 10.9. The highest BCUT2D eigenvalue weighted by Gasteiger charge is 2.75. The molecular weight excluding hydrogens is 398 g/mol. The molecule has 3 amide bonds. The van der Waals surface area contributed by atoms with E-state index in [1.807, 2.05) is 52.0 Å². The molecule has 0 aromatic rings. The van der Waals surface area contributed by atoms with Gasteiger partial charge >= 0.3 is 0 Å². The number of hydrogen-bond acceptors (Lipinski definition) is 5. The van der Waals surface area contributed by atoms with Gasteiger partial charge in [0.1, 0.15) is 11.6 Å². The molecule has 31 heavy (non-hydrogen) atoms. The maximum Gasteiger partial charge on any atom is 0.249 e. The summed E-state index contributed by atoms with van der Waals surface area (Å²) in [5.74, 6) is -2.29. The van der Waals surface area contributed by atoms with E-state index in [1.54, 1.807) is 23.8 Å². The molecule has 0 aromatic carbocycles. The summed E-state index contributed by atoms with van der Waals surface area (Å²) >= 11 is 0. The third-order valence-corrected chi connectivity index (χ3v) is 7.25. The Labute approximate surface area is 183 Å². The van der Waals surface area contributed by atoms with E-state index in [0.29, 0.717) is 13.1 Å². The van der Waals surface area contributed by atoms with Gasteiger partial charge in [-0.25, -0.2) is 0 Å². The molecule has 2 saturated heterocycles. The highest BCUT2D eigenvalue weighted by atomic mass is 16.5. The van der Waals surface area contributed by atoms with Crippen molar-refractivity contribution < 1.29 is 24.2 Å². The number of ether oxygens (including phenoxy) is 1. The fraction of sp³-hybridized carbons (Fsp3) is 0.696. The zero-order valence-electron chi connectivity index (χ0n) is 19.2. The van der Waals surface area contributed by atoms with Crippen LogP contribution in [0.25, 0.3) is 0 Å². The molecule has 0 saturated carbocycles. The second-order valence-electron chi connectivity index (χ2n) is 10.4. The van der Waals surface area contributed by atoms with Crippen LogP contribution in [0.15, 0.2) is 24.3 Å². The second kappa shape index (κ2) is 6.90. The van der Waals surface area contributed by atoms with Crippen LogP contribution in [0.5, 0.6) is 0 Å². The minimum Gasteiger partial charge on any atom is -0.394 e. The van der Waals surface area contributed by atoms with Crippen LogP contribution >= 0.6 is 0 Å². The lowest BCUT2D eigenvalue weighted by molar-refractivity contribution is -0.157. The molecule has 2 fully saturated rings. The van der Waals surface area contributed by atoms with Crippen molar-refractivity contribution in [2.75, 3.05) is 26.7 Å². The molecule has 4 aliphatic rings. The number of carbonyl (C=O) groups is 3. The number of aliphatic hydroxyl groups excluding tert-OH is 1. The highest BCUT2D eigenvalue weighted by Crippen LogP contribution is 2.57. The van der Waals surface area contributed by atoms with Gasteiger partial charge in [-0.1, -0.05) is 24.3 Å². The minimum absolute atomic E-state index is 0.169. The Balaban J connectivity index is 1.93. The van der Waals surface area contributed by atoms with Gasteiger partial charge in [-0.05, 0) is 34.6 Å². The zero-order valence-corrected chi connectivity index (χ0v) is 19.2. The molecule has 4 heterocycles. The number of amides is 3. The van der Waals surface area contributed by atoms with Crippen molar-refractivity contribution in [3.63, 3.8) is 0 Å². The molecule has 0 bridgehead atoms. The number of carbonyl (C=O) groups excluding carboxylic acids is 3. The first kappa shape index (κ1) is 22.0. The van der Waals surface area contributed by atoms with Crippen LogP contribution in [-0.2, 0) is 19.1 Å². The van der Waals surface area contributed by atoms with Crippen molar-refractivity contribution in [1.29, 1.82) is 0 Å². The molecule has 4 aliphatic heterocycles. The third-order valence-electron chi connectivity index (χ3n) is 7.25. The van der Waals surface area contributed by atoms with E-state index < -0.39 is 40.7 Å². The van der Waals surface area contributed by atoms with Crippen molar-refractivity contribution in [3.8, 4) is 0 Å². The van der Waals surface area contributed by atoms with E-state index in [2.05, 4.69) is 0 Å². The Hall–Kier alpha value is -2.19. The lowest BCUT2D eigenvalue weighted by Crippen LogP contribution is -2.60. The highest BCUT2D eigenvalue weighted by molar-refractivity contribution is 6.00. The van der Waals surface area contributed by atoms with Crippen LogP contribution in [-0.4, -0.2) is 93.1 Å². The Bertz CT molecular complexity index is 877. The molecule has 4 rings (SSSR count). The molecule has 0 aliphatic carbocycles. The number of fused-ring (bicyclic) bond motifs is 2. The van der Waals surface area contributed by atoms with Gasteiger partial charge in [0.05, 0.1) is 30.1 Å². The van der Waals surface area contributed by atoms with Gasteiger partial charge in [0.25, 0.3) is 0 Å². The SMILES string of the molecule is C[C@H](CO)N1C(=O)[C@@H]2[C@H]3C(=O)N(C)CC=C[C@@]3(C)O[C@@]23C=CCN(C(C)(C)C)C(=O)C13. The van der Waals surface area contributed by atoms with Gasteiger partial charge in [0.2, 0.25) is 17.7 Å². The summed E-state index contributed by atoms with van der Waals surface area (Å²) in [6.07, 6.45) is 7.45. The van der Waals surface area contributed by atoms with Crippen LogP contribution in [0.2, 0.25) is 0 Å². The molecule has 1 spiro atoms. The van der Waals surface area contributed by atoms with Gasteiger partial charge in [0.15, 0.2) is 0 Å². The summed E-state index contributed by atoms with van der Waals surface area (Å²) < 4.78 is 6.66. The van der Waals surface area contributed by atoms with Gasteiger partial charge in [0, 0.05) is 25.7 Å². The summed E-state index contributed by atoms with van der Waals surface area (Å²) in [6, 6.07) is -1.53. The smallest absolute Gasteiger partial charge is 0.249 e. The number of aliphatic hydroxyl groups is 1. The van der Waals surface area contributed by atoms with Crippen molar-refractivity contribution >= 4 is 17.7 Å². The van der Waals surface area contributed by atoms with Crippen LogP contribution in [0.1, 0.15) is 34.6 Å². The van der Waals surface area contributed by atoms with E-state index in [0.717, 1.165) is 0 Å². The standard InChI is InChI=1S/C23H33N3O5/c1-14(13-27)26-17-20(30)25(21(2,3)4)12-8-10-23(17)16(19(26)29)15-18(28)24(6)11-7-9-22(15,5)31-23/h7-10,14-17,27H,11-13H2,1-6H3/t14-,15+,16+,17?,22-,23+/m1/s1. The lowest BCUT2D eigenvalue weighted by atomic mass is 9.74. The number of likely N-dealkylation sites (tertiary alicyclic amines) is 1. The van der Waals surface area contributed by atoms with Crippen LogP contribution < -0.4 is 0 Å². The largest absolute Gasteiger partial charge is 0.394 e. The lowest BCUT2D eigenvalue weighted by Gasteiger charge is -2.42. The number of likely N-dealkylation sites (N-methyl/N-ethyl adjacent to an activating group) is 1. The number of hydrogen-bond donors (Lipinski definition) is 1. The second-order valence-corrected chi connectivity index (χ2v) is 10.4. The van der Waals surface area contributed by atoms with Gasteiger partial charge in [-0.2, -0.15) is 0 Å². The van der Waals surface area contributed by atoms with E-state index >= 15 is 0 Å². The summed E-state index contributed by atoms with van der Waals surface area (Å²) in [6.45, 7) is 9.94. The quantitative estimate of drug-likeness (QED) is 0.646. The molecule has 8 nitrogen and oxygen atoms in total. The fourth-order valence-electron chi connectivity index (χ4n) is 5.75. The summed E-state index contributed by atoms with van der Waals surface area (Å²) in [4.78, 5) is 46.0. The van der Waals surface area contributed by atoms with Crippen LogP contribution in [0.4, 0.5) is 0 Å². The predicted molar refractivity (Wildman–Crippen MR) is 114 cm³/mol. The van der Waals surface area contributed by atoms with Gasteiger partial charge in [-0.15, -0.1) is 0 Å². The van der Waals surface area contributed by atoms with Crippen molar-refractivity contribution in [2.24, 2.45) is 11.8 Å². The van der Waals surface area contributed by atoms with E-state index in [4.69, 9.17) is 4.74 Å². The maximum atomic E-state index is 13.9. The van der Waals surface area contributed by atoms with Crippen LogP contribution in [0.3, 0.4) is 0 Å². The molecular formula is C23H33N3O5. The van der Waals surface area contributed by atoms with Crippen molar-refractivity contribution in [3.05, 3.63) is 24.3 Å². The Morgan fingerprint density at radius 1 is 1.10 bits per heavy atom. The van der Waals surface area contributed by atoms with Crippen molar-refractivity contribution in [1.82, 2.24) is 14.7 Å². The summed E-state index contributed by atoms with van der Waals surface area (Å²) in [5.41, 5.74) is -2.74. The molecule has 0 aromatic heterocycles.